The molecule has 0 saturated carbocycles. The van der Waals surface area contributed by atoms with Gasteiger partial charge >= 0.3 is 0 Å². The highest BCUT2D eigenvalue weighted by atomic mass is 32.2. The Balaban J connectivity index is 1.65. The SMILES string of the molecule is CCS(=O)(=O)N1CCN(c2ncnc3c2nnn3-c2cccc(F)c2)CC1. The number of aromatic nitrogens is 5. The second-order valence-corrected chi connectivity index (χ2v) is 8.39. The van der Waals surface area contributed by atoms with E-state index in [1.54, 1.807) is 19.1 Å². The van der Waals surface area contributed by atoms with Crippen LogP contribution in [0.3, 0.4) is 0 Å². The summed E-state index contributed by atoms with van der Waals surface area (Å²) in [6.07, 6.45) is 1.41. The fourth-order valence-corrected chi connectivity index (χ4v) is 4.20. The predicted molar refractivity (Wildman–Crippen MR) is 97.7 cm³/mol. The van der Waals surface area contributed by atoms with E-state index in [0.29, 0.717) is 48.8 Å². The molecule has 0 aliphatic carbocycles. The van der Waals surface area contributed by atoms with Crippen molar-refractivity contribution in [3.05, 3.63) is 36.4 Å². The molecule has 1 fully saturated rings. The van der Waals surface area contributed by atoms with E-state index in [2.05, 4.69) is 20.3 Å². The van der Waals surface area contributed by atoms with Crippen LogP contribution in [0, 0.1) is 5.82 Å². The first-order valence-electron chi connectivity index (χ1n) is 8.54. The van der Waals surface area contributed by atoms with Crippen molar-refractivity contribution in [3.63, 3.8) is 0 Å². The van der Waals surface area contributed by atoms with Crippen molar-refractivity contribution in [2.24, 2.45) is 0 Å². The molecule has 9 nitrogen and oxygen atoms in total. The van der Waals surface area contributed by atoms with Crippen LogP contribution in [0.15, 0.2) is 30.6 Å². The van der Waals surface area contributed by atoms with Gasteiger partial charge in [0.2, 0.25) is 10.0 Å². The first-order valence-corrected chi connectivity index (χ1v) is 10.2. The van der Waals surface area contributed by atoms with Gasteiger partial charge in [0.05, 0.1) is 11.4 Å². The molecule has 4 rings (SSSR count). The number of hydrogen-bond donors (Lipinski definition) is 0. The molecule has 0 atom stereocenters. The van der Waals surface area contributed by atoms with E-state index in [9.17, 15) is 12.8 Å². The summed E-state index contributed by atoms with van der Waals surface area (Å²) in [6, 6.07) is 6.01. The van der Waals surface area contributed by atoms with Gasteiger partial charge in [0.25, 0.3) is 0 Å². The Labute approximate surface area is 155 Å². The second kappa shape index (κ2) is 6.82. The van der Waals surface area contributed by atoms with Crippen molar-refractivity contribution in [3.8, 4) is 5.69 Å². The number of anilines is 1. The highest BCUT2D eigenvalue weighted by molar-refractivity contribution is 7.89. The maximum atomic E-state index is 13.5. The minimum atomic E-state index is -3.20. The molecule has 0 N–H and O–H groups in total. The van der Waals surface area contributed by atoms with E-state index in [1.165, 1.54) is 27.4 Å². The lowest BCUT2D eigenvalue weighted by Crippen LogP contribution is -2.49. The van der Waals surface area contributed by atoms with E-state index in [0.717, 1.165) is 0 Å². The van der Waals surface area contributed by atoms with Gasteiger partial charge in [-0.3, -0.25) is 0 Å². The average Bonchev–Trinajstić information content (AvgIpc) is 3.12. The highest BCUT2D eigenvalue weighted by Crippen LogP contribution is 2.24. The molecule has 1 aliphatic heterocycles. The summed E-state index contributed by atoms with van der Waals surface area (Å²) in [6.45, 7) is 3.41. The Morgan fingerprint density at radius 2 is 1.93 bits per heavy atom. The molecule has 1 aliphatic rings. The molecule has 11 heteroatoms. The summed E-state index contributed by atoms with van der Waals surface area (Å²) >= 11 is 0. The van der Waals surface area contributed by atoms with Gasteiger partial charge in [-0.25, -0.2) is 22.8 Å². The van der Waals surface area contributed by atoms with Gasteiger partial charge in [-0.2, -0.15) is 8.99 Å². The fraction of sp³-hybridized carbons (Fsp3) is 0.375. The summed E-state index contributed by atoms with van der Waals surface area (Å²) in [5.74, 6) is 0.307. The number of fused-ring (bicyclic) bond motifs is 1. The van der Waals surface area contributed by atoms with Crippen LogP contribution >= 0.6 is 0 Å². The number of hydrogen-bond acceptors (Lipinski definition) is 7. The third-order valence-electron chi connectivity index (χ3n) is 4.57. The van der Waals surface area contributed by atoms with Gasteiger partial charge in [-0.05, 0) is 25.1 Å². The maximum Gasteiger partial charge on any atom is 0.213 e. The highest BCUT2D eigenvalue weighted by Gasteiger charge is 2.27. The fourth-order valence-electron chi connectivity index (χ4n) is 3.11. The van der Waals surface area contributed by atoms with E-state index < -0.39 is 10.0 Å². The summed E-state index contributed by atoms with van der Waals surface area (Å²) in [5, 5.41) is 8.27. The van der Waals surface area contributed by atoms with Crippen LogP contribution in [-0.2, 0) is 10.0 Å². The molecule has 0 radical (unpaired) electrons. The Hall–Kier alpha value is -2.66. The van der Waals surface area contributed by atoms with Gasteiger partial charge in [0, 0.05) is 26.2 Å². The van der Waals surface area contributed by atoms with Crippen LogP contribution in [0.1, 0.15) is 6.92 Å². The lowest BCUT2D eigenvalue weighted by Gasteiger charge is -2.34. The molecule has 3 aromatic rings. The molecular formula is C16H18FN7O2S. The third-order valence-corrected chi connectivity index (χ3v) is 6.45. The van der Waals surface area contributed by atoms with Crippen molar-refractivity contribution in [1.29, 1.82) is 0 Å². The van der Waals surface area contributed by atoms with Gasteiger partial charge in [0.1, 0.15) is 12.1 Å². The largest absolute Gasteiger partial charge is 0.352 e. The van der Waals surface area contributed by atoms with E-state index in [-0.39, 0.29) is 11.6 Å². The molecule has 1 aromatic carbocycles. The molecule has 142 valence electrons. The van der Waals surface area contributed by atoms with Crippen molar-refractivity contribution in [2.45, 2.75) is 6.92 Å². The zero-order valence-corrected chi connectivity index (χ0v) is 15.5. The summed E-state index contributed by atoms with van der Waals surface area (Å²) in [7, 11) is -3.20. The maximum absolute atomic E-state index is 13.5. The Kier molecular flexibility index (Phi) is 4.48. The molecular weight excluding hydrogens is 373 g/mol. The number of rotatable bonds is 4. The van der Waals surface area contributed by atoms with E-state index >= 15 is 0 Å². The topological polar surface area (TPSA) is 97.1 Å². The molecule has 0 unspecified atom stereocenters. The number of sulfonamides is 1. The summed E-state index contributed by atoms with van der Waals surface area (Å²) < 4.78 is 40.5. The first-order chi connectivity index (χ1) is 13.0. The van der Waals surface area contributed by atoms with Gasteiger partial charge in [-0.1, -0.05) is 11.3 Å². The number of piperazine rings is 1. The summed E-state index contributed by atoms with van der Waals surface area (Å²) in [5.41, 5.74) is 1.48. The number of nitrogens with zero attached hydrogens (tertiary/aromatic N) is 7. The summed E-state index contributed by atoms with van der Waals surface area (Å²) in [4.78, 5) is 10.5. The smallest absolute Gasteiger partial charge is 0.213 e. The van der Waals surface area contributed by atoms with Crippen LogP contribution in [0.2, 0.25) is 0 Å². The normalized spacial score (nSPS) is 16.1. The molecule has 0 bridgehead atoms. The minimum absolute atomic E-state index is 0.0900. The van der Waals surface area contributed by atoms with E-state index in [4.69, 9.17) is 0 Å². The third kappa shape index (κ3) is 3.23. The average molecular weight is 391 g/mol. The molecule has 0 amide bonds. The van der Waals surface area contributed by atoms with Crippen molar-refractivity contribution in [2.75, 3.05) is 36.8 Å². The molecule has 2 aromatic heterocycles. The lowest BCUT2D eigenvalue weighted by molar-refractivity contribution is 0.385. The van der Waals surface area contributed by atoms with Crippen molar-refractivity contribution in [1.82, 2.24) is 29.3 Å². The van der Waals surface area contributed by atoms with Gasteiger partial charge in [0.15, 0.2) is 17.0 Å². The Morgan fingerprint density at radius 1 is 1.15 bits per heavy atom. The van der Waals surface area contributed by atoms with Gasteiger partial charge < -0.3 is 4.90 Å². The standard InChI is InChI=1S/C16H18FN7O2S/c1-2-27(25,26)23-8-6-22(7-9-23)15-14-16(19-11-18-15)24(21-20-14)13-5-3-4-12(17)10-13/h3-5,10-11H,2,6-9H2,1H3. The van der Waals surface area contributed by atoms with Crippen LogP contribution in [0.4, 0.5) is 10.2 Å². The Bertz CT molecular complexity index is 1080. The first kappa shape index (κ1) is 17.7. The van der Waals surface area contributed by atoms with Crippen molar-refractivity contribution >= 4 is 27.0 Å². The van der Waals surface area contributed by atoms with Crippen LogP contribution < -0.4 is 4.90 Å². The zero-order valence-electron chi connectivity index (χ0n) is 14.7. The monoisotopic (exact) mass is 391 g/mol. The molecule has 0 spiro atoms. The molecule has 1 saturated heterocycles. The lowest BCUT2D eigenvalue weighted by atomic mass is 10.3. The quantitative estimate of drug-likeness (QED) is 0.649. The molecule has 3 heterocycles. The van der Waals surface area contributed by atoms with Crippen LogP contribution in [0.25, 0.3) is 16.9 Å². The minimum Gasteiger partial charge on any atom is -0.352 e. The second-order valence-electron chi connectivity index (χ2n) is 6.14. The Morgan fingerprint density at radius 3 is 2.63 bits per heavy atom. The van der Waals surface area contributed by atoms with Crippen LogP contribution in [0.5, 0.6) is 0 Å². The number of benzene rings is 1. The van der Waals surface area contributed by atoms with E-state index in [1.807, 2.05) is 4.90 Å². The zero-order chi connectivity index (χ0) is 19.0. The van der Waals surface area contributed by atoms with Crippen molar-refractivity contribution < 1.29 is 12.8 Å². The predicted octanol–water partition coefficient (Wildman–Crippen LogP) is 0.821. The molecule has 27 heavy (non-hydrogen) atoms. The number of halogens is 1. The van der Waals surface area contributed by atoms with Crippen LogP contribution in [-0.4, -0.2) is 69.6 Å². The van der Waals surface area contributed by atoms with Gasteiger partial charge in [-0.15, -0.1) is 5.10 Å².